The molecule has 252 valence electrons. The second kappa shape index (κ2) is 13.7. The van der Waals surface area contributed by atoms with Gasteiger partial charge in [-0.15, -0.1) is 0 Å². The Morgan fingerprint density at radius 1 is 0.585 bits per heavy atom. The van der Waals surface area contributed by atoms with Crippen LogP contribution in [0.15, 0.2) is 182 Å². The Balaban J connectivity index is 1.32. The number of aromatic nitrogens is 4. The van der Waals surface area contributed by atoms with Gasteiger partial charge in [0.1, 0.15) is 5.65 Å². The first-order chi connectivity index (χ1) is 28.2. The molecule has 0 saturated heterocycles. The lowest BCUT2D eigenvalue weighted by atomic mass is 9.94. The number of allylic oxidation sites excluding steroid dienone is 4. The van der Waals surface area contributed by atoms with Crippen molar-refractivity contribution in [2.45, 2.75) is 13.8 Å². The summed E-state index contributed by atoms with van der Waals surface area (Å²) in [5, 5.41) is 2.94. The van der Waals surface area contributed by atoms with E-state index in [4.69, 9.17) is 21.8 Å². The van der Waals surface area contributed by atoms with Crippen LogP contribution in [0.2, 0.25) is 0 Å². The number of fused-ring (bicyclic) bond motifs is 4. The van der Waals surface area contributed by atoms with Crippen LogP contribution in [-0.4, -0.2) is 19.4 Å². The summed E-state index contributed by atoms with van der Waals surface area (Å²) in [5.41, 5.74) is 9.82. The van der Waals surface area contributed by atoms with Gasteiger partial charge in [-0.05, 0) is 89.5 Å². The maximum absolute atomic E-state index is 8.96. The van der Waals surface area contributed by atoms with Crippen molar-refractivity contribution in [1.29, 1.82) is 0 Å². The summed E-state index contributed by atoms with van der Waals surface area (Å²) in [6.07, 6.45) is 8.07. The van der Waals surface area contributed by atoms with Gasteiger partial charge in [0.25, 0.3) is 0 Å². The summed E-state index contributed by atoms with van der Waals surface area (Å²) < 4.78 is 45.4. The van der Waals surface area contributed by atoms with Gasteiger partial charge in [-0.3, -0.25) is 4.40 Å². The molecule has 0 spiro atoms. The van der Waals surface area contributed by atoms with Gasteiger partial charge in [-0.25, -0.2) is 15.0 Å². The SMILES string of the molecule is [2H]c1c([2H])c([2H])c(-c2cc(-c3cccc(-c4nc5ccccn5c4-c4ccccc4)c3)cc(-c3nc(C(/C=C\C)=C/C)c4ccc5ccccc5c4n3)c2)c([2H])c1[2H]. The molecule has 0 bridgehead atoms. The van der Waals surface area contributed by atoms with E-state index in [0.717, 1.165) is 72.2 Å². The largest absolute Gasteiger partial charge is 0.299 e. The van der Waals surface area contributed by atoms with E-state index >= 15 is 0 Å². The highest BCUT2D eigenvalue weighted by molar-refractivity contribution is 6.09. The monoisotopic (exact) mass is 685 g/mol. The average Bonchev–Trinajstić information content (AvgIpc) is 3.66. The van der Waals surface area contributed by atoms with E-state index < -0.39 is 18.1 Å². The molecule has 0 saturated carbocycles. The fourth-order valence-electron chi connectivity index (χ4n) is 7.08. The van der Waals surface area contributed by atoms with Crippen LogP contribution in [0, 0.1) is 0 Å². The van der Waals surface area contributed by atoms with Crippen molar-refractivity contribution >= 4 is 32.9 Å². The van der Waals surface area contributed by atoms with Gasteiger partial charge >= 0.3 is 0 Å². The molecule has 4 heteroatoms. The Morgan fingerprint density at radius 2 is 1.30 bits per heavy atom. The number of pyridine rings is 1. The molecule has 9 rings (SSSR count). The minimum absolute atomic E-state index is 0.103. The summed E-state index contributed by atoms with van der Waals surface area (Å²) in [5.74, 6) is 0.445. The minimum Gasteiger partial charge on any atom is -0.299 e. The first-order valence-electron chi connectivity index (χ1n) is 20.1. The molecular formula is C49H36N4. The second-order valence-electron chi connectivity index (χ2n) is 12.8. The van der Waals surface area contributed by atoms with Crippen molar-refractivity contribution in [2.75, 3.05) is 0 Å². The van der Waals surface area contributed by atoms with E-state index in [1.807, 2.05) is 123 Å². The maximum Gasteiger partial charge on any atom is 0.160 e. The minimum atomic E-state index is -0.443. The molecule has 6 aromatic carbocycles. The number of rotatable bonds is 7. The molecule has 3 aromatic heterocycles. The van der Waals surface area contributed by atoms with Gasteiger partial charge in [0.15, 0.2) is 5.82 Å². The lowest BCUT2D eigenvalue weighted by Gasteiger charge is -2.14. The third kappa shape index (κ3) is 5.90. The second-order valence-corrected chi connectivity index (χ2v) is 12.8. The molecule has 0 aliphatic heterocycles. The van der Waals surface area contributed by atoms with Crippen molar-refractivity contribution in [3.8, 4) is 56.2 Å². The maximum atomic E-state index is 8.96. The van der Waals surface area contributed by atoms with Gasteiger partial charge in [0.2, 0.25) is 0 Å². The normalized spacial score (nSPS) is 13.3. The Labute approximate surface area is 316 Å². The first-order valence-corrected chi connectivity index (χ1v) is 17.6. The molecule has 0 amide bonds. The van der Waals surface area contributed by atoms with Gasteiger partial charge in [0.05, 0.1) is 29.5 Å². The Morgan fingerprint density at radius 3 is 2.13 bits per heavy atom. The molecule has 0 fully saturated rings. The third-order valence-electron chi connectivity index (χ3n) is 9.55. The lowest BCUT2D eigenvalue weighted by Crippen LogP contribution is -1.99. The van der Waals surface area contributed by atoms with Crippen molar-refractivity contribution in [2.24, 2.45) is 0 Å². The van der Waals surface area contributed by atoms with E-state index in [0.29, 0.717) is 17.0 Å². The van der Waals surface area contributed by atoms with Crippen LogP contribution in [0.1, 0.15) is 26.4 Å². The quantitative estimate of drug-likeness (QED) is 0.124. The zero-order valence-electron chi connectivity index (χ0n) is 34.2. The van der Waals surface area contributed by atoms with Crippen LogP contribution in [0.3, 0.4) is 0 Å². The Kier molecular flexibility index (Phi) is 6.92. The van der Waals surface area contributed by atoms with Crippen LogP contribution in [0.4, 0.5) is 0 Å². The van der Waals surface area contributed by atoms with Crippen molar-refractivity contribution in [1.82, 2.24) is 19.4 Å². The predicted molar refractivity (Wildman–Crippen MR) is 221 cm³/mol. The van der Waals surface area contributed by atoms with Gasteiger partial charge < -0.3 is 0 Å². The number of hydrogen-bond donors (Lipinski definition) is 0. The fourth-order valence-corrected chi connectivity index (χ4v) is 7.08. The smallest absolute Gasteiger partial charge is 0.160 e. The molecule has 4 nitrogen and oxygen atoms in total. The van der Waals surface area contributed by atoms with Crippen molar-refractivity contribution in [3.63, 3.8) is 0 Å². The number of benzene rings is 6. The first kappa shape index (κ1) is 26.8. The number of nitrogens with zero attached hydrogens (tertiary/aromatic N) is 4. The fraction of sp³-hybridized carbons (Fsp3) is 0.0408. The summed E-state index contributed by atoms with van der Waals surface area (Å²) >= 11 is 0. The molecule has 0 N–H and O–H groups in total. The molecular weight excluding hydrogens is 645 g/mol. The average molecular weight is 686 g/mol. The highest BCUT2D eigenvalue weighted by Crippen LogP contribution is 2.38. The predicted octanol–water partition coefficient (Wildman–Crippen LogP) is 12.7. The molecule has 53 heavy (non-hydrogen) atoms. The van der Waals surface area contributed by atoms with Crippen LogP contribution >= 0.6 is 0 Å². The molecule has 9 aromatic rings. The van der Waals surface area contributed by atoms with Gasteiger partial charge in [-0.1, -0.05) is 133 Å². The van der Waals surface area contributed by atoms with E-state index in [1.54, 1.807) is 0 Å². The Hall–Kier alpha value is -6.91. The van der Waals surface area contributed by atoms with E-state index in [1.165, 1.54) is 0 Å². The summed E-state index contributed by atoms with van der Waals surface area (Å²) in [4.78, 5) is 15.6. The van der Waals surface area contributed by atoms with Crippen molar-refractivity contribution in [3.05, 3.63) is 188 Å². The highest BCUT2D eigenvalue weighted by Gasteiger charge is 2.18. The van der Waals surface area contributed by atoms with E-state index in [-0.39, 0.29) is 17.6 Å². The highest BCUT2D eigenvalue weighted by atomic mass is 15.0. The summed E-state index contributed by atoms with van der Waals surface area (Å²) in [6, 6.07) is 40.5. The zero-order chi connectivity index (χ0) is 40.1. The Bertz CT molecular complexity index is 3120. The van der Waals surface area contributed by atoms with Gasteiger partial charge in [-0.2, -0.15) is 0 Å². The molecule has 0 atom stereocenters. The van der Waals surface area contributed by atoms with Crippen LogP contribution in [-0.2, 0) is 0 Å². The zero-order valence-corrected chi connectivity index (χ0v) is 29.2. The summed E-state index contributed by atoms with van der Waals surface area (Å²) in [6.45, 7) is 3.96. The molecule has 0 unspecified atom stereocenters. The molecule has 0 aliphatic carbocycles. The standard InChI is InChI=1S/C49H36N4/c1-3-16-33(4-2)45-43-27-26-35-19-11-12-24-42(35)47(43)52-49(51-45)41-31-39(34-17-7-5-8-18-34)30-40(32-41)37-22-15-23-38(29-37)46-48(36-20-9-6-10-21-36)53-28-14-13-25-44(53)50-46/h3-32H,1-2H3/b16-3-,33-4+/i5D,7D,8D,17D,18D. The van der Waals surface area contributed by atoms with E-state index in [9.17, 15) is 0 Å². The van der Waals surface area contributed by atoms with Crippen LogP contribution < -0.4 is 0 Å². The lowest BCUT2D eigenvalue weighted by molar-refractivity contribution is 1.19. The number of hydrogen-bond acceptors (Lipinski definition) is 3. The topological polar surface area (TPSA) is 43.1 Å². The molecule has 3 heterocycles. The van der Waals surface area contributed by atoms with Crippen molar-refractivity contribution < 1.29 is 6.85 Å². The van der Waals surface area contributed by atoms with E-state index in [2.05, 4.69) is 46.9 Å². The van der Waals surface area contributed by atoms with Crippen LogP contribution in [0.5, 0.6) is 0 Å². The molecule has 0 radical (unpaired) electrons. The molecule has 0 aliphatic rings. The summed E-state index contributed by atoms with van der Waals surface area (Å²) in [7, 11) is 0. The van der Waals surface area contributed by atoms with Crippen LogP contribution in [0.25, 0.3) is 89.1 Å². The number of imidazole rings is 1. The third-order valence-corrected chi connectivity index (χ3v) is 9.55. The van der Waals surface area contributed by atoms with Gasteiger partial charge in [0, 0.05) is 33.7 Å².